The average Bonchev–Trinajstić information content (AvgIpc) is 2.98. The van der Waals surface area contributed by atoms with Gasteiger partial charge in [0.05, 0.1) is 23.7 Å². The number of aliphatic hydroxyl groups is 1. The summed E-state index contributed by atoms with van der Waals surface area (Å²) < 4.78 is 5.98. The average molecular weight is 508 g/mol. The number of amides is 1. The van der Waals surface area contributed by atoms with Gasteiger partial charge in [0.1, 0.15) is 11.5 Å². The number of ketones is 1. The van der Waals surface area contributed by atoms with Crippen molar-refractivity contribution < 1.29 is 19.4 Å². The highest BCUT2D eigenvalue weighted by molar-refractivity contribution is 9.10. The lowest BCUT2D eigenvalue weighted by atomic mass is 9.95. The summed E-state index contributed by atoms with van der Waals surface area (Å²) in [5, 5.41) is 11.4. The number of carbonyl (C=O) groups is 2. The second-order valence-electron chi connectivity index (χ2n) is 7.55. The highest BCUT2D eigenvalue weighted by Gasteiger charge is 2.45. The van der Waals surface area contributed by atoms with Crippen molar-refractivity contribution in [3.8, 4) is 5.75 Å². The molecule has 0 bridgehead atoms. The fourth-order valence-electron chi connectivity index (χ4n) is 3.66. The van der Waals surface area contributed by atoms with Gasteiger partial charge in [0, 0.05) is 16.6 Å². The lowest BCUT2D eigenvalue weighted by molar-refractivity contribution is -0.139. The van der Waals surface area contributed by atoms with Crippen LogP contribution in [0.4, 0.5) is 0 Å². The van der Waals surface area contributed by atoms with Crippen molar-refractivity contribution in [2.75, 3.05) is 34.3 Å². The maximum absolute atomic E-state index is 13.0. The molecule has 1 N–H and O–H groups in total. The number of likely N-dealkylation sites (tertiary alicyclic amines) is 1. The third-order valence-electron chi connectivity index (χ3n) is 5.13. The second kappa shape index (κ2) is 9.85. The number of rotatable bonds is 7. The molecule has 1 atom stereocenters. The number of aliphatic hydroxyl groups excluding tert-OH is 1. The van der Waals surface area contributed by atoms with E-state index in [0.717, 1.165) is 16.6 Å². The first-order valence-electron chi connectivity index (χ1n) is 9.77. The molecule has 0 saturated carbocycles. The van der Waals surface area contributed by atoms with E-state index in [1.54, 1.807) is 12.1 Å². The summed E-state index contributed by atoms with van der Waals surface area (Å²) >= 11 is 9.67. The molecule has 1 saturated heterocycles. The summed E-state index contributed by atoms with van der Waals surface area (Å²) in [5.74, 6) is -1.14. The molecule has 1 amide bonds. The van der Waals surface area contributed by atoms with Gasteiger partial charge in [-0.3, -0.25) is 9.59 Å². The molecule has 0 aromatic heterocycles. The Balaban J connectivity index is 2.11. The maximum Gasteiger partial charge on any atom is 0.295 e. The summed E-state index contributed by atoms with van der Waals surface area (Å²) in [6.07, 6.45) is 0.693. The van der Waals surface area contributed by atoms with Crippen molar-refractivity contribution >= 4 is 45.0 Å². The first-order chi connectivity index (χ1) is 14.7. The summed E-state index contributed by atoms with van der Waals surface area (Å²) in [6, 6.07) is 11.4. The van der Waals surface area contributed by atoms with Gasteiger partial charge in [-0.1, -0.05) is 39.7 Å². The Bertz CT molecular complexity index is 1040. The van der Waals surface area contributed by atoms with Crippen molar-refractivity contribution in [1.82, 2.24) is 9.80 Å². The molecular formula is C23H24BrClN2O4. The van der Waals surface area contributed by atoms with E-state index in [9.17, 15) is 14.7 Å². The Morgan fingerprint density at radius 1 is 1.23 bits per heavy atom. The fraction of sp³-hybridized carbons (Fsp3) is 0.304. The molecule has 8 heteroatoms. The number of Topliss-reactive ketones (excluding diaryl/α,β-unsaturated/α-hetero) is 1. The second-order valence-corrected chi connectivity index (χ2v) is 8.88. The molecule has 2 aromatic rings. The quantitative estimate of drug-likeness (QED) is 0.340. The predicted octanol–water partition coefficient (Wildman–Crippen LogP) is 4.48. The zero-order valence-electron chi connectivity index (χ0n) is 17.6. The van der Waals surface area contributed by atoms with Crippen molar-refractivity contribution in [1.29, 1.82) is 0 Å². The number of ether oxygens (including phenoxy) is 1. The van der Waals surface area contributed by atoms with Gasteiger partial charge in [0.15, 0.2) is 0 Å². The Morgan fingerprint density at radius 2 is 1.97 bits per heavy atom. The molecule has 1 heterocycles. The molecule has 1 aliphatic rings. The van der Waals surface area contributed by atoms with Gasteiger partial charge in [-0.2, -0.15) is 0 Å². The zero-order valence-corrected chi connectivity index (χ0v) is 19.9. The summed E-state index contributed by atoms with van der Waals surface area (Å²) in [6.45, 7) is 1.16. The van der Waals surface area contributed by atoms with E-state index < -0.39 is 17.7 Å². The Hall–Kier alpha value is -2.35. The van der Waals surface area contributed by atoms with Crippen LogP contribution in [0.15, 0.2) is 52.5 Å². The minimum atomic E-state index is -0.709. The number of methoxy groups -OCH3 is 1. The van der Waals surface area contributed by atoms with Crippen LogP contribution in [0.25, 0.3) is 5.76 Å². The van der Waals surface area contributed by atoms with Gasteiger partial charge in [0.25, 0.3) is 11.7 Å². The molecule has 2 aromatic carbocycles. The fourth-order valence-corrected chi connectivity index (χ4v) is 4.33. The van der Waals surface area contributed by atoms with E-state index in [4.69, 9.17) is 16.3 Å². The molecule has 6 nitrogen and oxygen atoms in total. The van der Waals surface area contributed by atoms with Crippen LogP contribution in [0.3, 0.4) is 0 Å². The van der Waals surface area contributed by atoms with Crippen molar-refractivity contribution in [3.05, 3.63) is 68.7 Å². The third kappa shape index (κ3) is 4.95. The van der Waals surface area contributed by atoms with E-state index in [2.05, 4.69) is 15.9 Å². The molecule has 31 heavy (non-hydrogen) atoms. The molecule has 0 radical (unpaired) electrons. The normalized spacial score (nSPS) is 18.1. The molecule has 0 spiro atoms. The van der Waals surface area contributed by atoms with E-state index in [1.807, 2.05) is 43.3 Å². The molecule has 1 unspecified atom stereocenters. The Kier molecular flexibility index (Phi) is 7.41. The number of hydrogen-bond acceptors (Lipinski definition) is 5. The monoisotopic (exact) mass is 506 g/mol. The standard InChI is InChI=1S/C23H24BrClN2O4/c1-26(2)10-5-11-27-20(14-6-4-7-16(24)12-14)19(22(29)23(27)30)21(28)15-8-9-18(31-3)17(25)13-15/h4,6-9,12-13,20,28H,5,10-11H2,1-3H3/b21-19+. The van der Waals surface area contributed by atoms with Crippen LogP contribution >= 0.6 is 27.5 Å². The molecule has 164 valence electrons. The van der Waals surface area contributed by atoms with Crippen LogP contribution in [-0.2, 0) is 9.59 Å². The largest absolute Gasteiger partial charge is 0.507 e. The number of hydrogen-bond donors (Lipinski definition) is 1. The SMILES string of the molecule is COc1ccc(/C(O)=C2\C(=O)C(=O)N(CCCN(C)C)C2c2cccc(Br)c2)cc1Cl. The Labute approximate surface area is 195 Å². The highest BCUT2D eigenvalue weighted by atomic mass is 79.9. The maximum atomic E-state index is 13.0. The van der Waals surface area contributed by atoms with Crippen LogP contribution in [-0.4, -0.2) is 60.9 Å². The molecular weight excluding hydrogens is 484 g/mol. The first-order valence-corrected chi connectivity index (χ1v) is 10.9. The minimum Gasteiger partial charge on any atom is -0.507 e. The number of benzene rings is 2. The summed E-state index contributed by atoms with van der Waals surface area (Å²) in [7, 11) is 5.40. The zero-order chi connectivity index (χ0) is 22.7. The highest BCUT2D eigenvalue weighted by Crippen LogP contribution is 2.40. The third-order valence-corrected chi connectivity index (χ3v) is 5.92. The van der Waals surface area contributed by atoms with E-state index >= 15 is 0 Å². The van der Waals surface area contributed by atoms with E-state index in [0.29, 0.717) is 29.3 Å². The summed E-state index contributed by atoms with van der Waals surface area (Å²) in [4.78, 5) is 29.5. The molecule has 1 fully saturated rings. The van der Waals surface area contributed by atoms with Gasteiger partial charge in [0.2, 0.25) is 0 Å². The van der Waals surface area contributed by atoms with Gasteiger partial charge >= 0.3 is 0 Å². The van der Waals surface area contributed by atoms with Crippen molar-refractivity contribution in [2.45, 2.75) is 12.5 Å². The van der Waals surface area contributed by atoms with E-state index in [1.165, 1.54) is 18.1 Å². The van der Waals surface area contributed by atoms with Gasteiger partial charge in [-0.25, -0.2) is 0 Å². The molecule has 3 rings (SSSR count). The van der Waals surface area contributed by atoms with Crippen LogP contribution in [0.1, 0.15) is 23.6 Å². The molecule has 0 aliphatic carbocycles. The minimum absolute atomic E-state index is 0.0502. The van der Waals surface area contributed by atoms with E-state index in [-0.39, 0.29) is 11.3 Å². The van der Waals surface area contributed by atoms with Crippen molar-refractivity contribution in [2.24, 2.45) is 0 Å². The van der Waals surface area contributed by atoms with Gasteiger partial charge in [-0.05, 0) is 63.0 Å². The number of halogens is 2. The summed E-state index contributed by atoms with van der Waals surface area (Å²) in [5.41, 5.74) is 1.13. The van der Waals surface area contributed by atoms with Crippen LogP contribution in [0.2, 0.25) is 5.02 Å². The Morgan fingerprint density at radius 3 is 2.58 bits per heavy atom. The topological polar surface area (TPSA) is 70.1 Å². The van der Waals surface area contributed by atoms with Gasteiger partial charge in [-0.15, -0.1) is 0 Å². The number of carbonyl (C=O) groups excluding carboxylic acids is 2. The van der Waals surface area contributed by atoms with Crippen molar-refractivity contribution in [3.63, 3.8) is 0 Å². The van der Waals surface area contributed by atoms with Crippen LogP contribution in [0.5, 0.6) is 5.75 Å². The number of nitrogens with zero attached hydrogens (tertiary/aromatic N) is 2. The molecule has 1 aliphatic heterocycles. The lowest BCUT2D eigenvalue weighted by Gasteiger charge is -2.26. The van der Waals surface area contributed by atoms with Crippen LogP contribution in [0, 0.1) is 0 Å². The first kappa shape index (κ1) is 23.3. The smallest absolute Gasteiger partial charge is 0.295 e. The lowest BCUT2D eigenvalue weighted by Crippen LogP contribution is -2.32. The van der Waals surface area contributed by atoms with Crippen LogP contribution < -0.4 is 4.74 Å². The predicted molar refractivity (Wildman–Crippen MR) is 124 cm³/mol. The van der Waals surface area contributed by atoms with Gasteiger partial charge < -0.3 is 19.6 Å².